The Bertz CT molecular complexity index is 764. The lowest BCUT2D eigenvalue weighted by molar-refractivity contribution is -0.116. The highest BCUT2D eigenvalue weighted by molar-refractivity contribution is 7.92. The molecule has 0 bridgehead atoms. The molecule has 2 aromatic heterocycles. The van der Waals surface area contributed by atoms with Crippen LogP contribution >= 0.6 is 0 Å². The van der Waals surface area contributed by atoms with E-state index in [1.807, 2.05) is 0 Å². The lowest BCUT2D eigenvalue weighted by Gasteiger charge is -2.18. The third-order valence-electron chi connectivity index (χ3n) is 2.71. The summed E-state index contributed by atoms with van der Waals surface area (Å²) in [6.45, 7) is 3.28. The molecule has 2 aromatic rings. The lowest BCUT2D eigenvalue weighted by Crippen LogP contribution is -2.33. The van der Waals surface area contributed by atoms with Gasteiger partial charge in [-0.05, 0) is 13.8 Å². The number of hydrogen-bond acceptors (Lipinski definition) is 7. The zero-order valence-electron chi connectivity index (χ0n) is 12.4. The maximum absolute atomic E-state index is 11.8. The number of carbonyl (C=O) groups is 1. The molecular formula is C12H16N4O5S. The molecule has 0 spiro atoms. The van der Waals surface area contributed by atoms with E-state index in [2.05, 4.69) is 15.6 Å². The van der Waals surface area contributed by atoms with Crippen molar-refractivity contribution < 1.29 is 22.3 Å². The smallest absolute Gasteiger partial charge is 0.233 e. The SMILES string of the molecule is Cc1cc(NC(=O)CCN(c2cc(C)on2)S(C)(=O)=O)no1. The zero-order chi connectivity index (χ0) is 16.3. The Hall–Kier alpha value is -2.36. The van der Waals surface area contributed by atoms with Crippen molar-refractivity contribution in [2.75, 3.05) is 22.4 Å². The molecule has 1 N–H and O–H groups in total. The number of amides is 1. The first kappa shape index (κ1) is 16.0. The van der Waals surface area contributed by atoms with Crippen molar-refractivity contribution in [1.29, 1.82) is 0 Å². The molecule has 1 amide bonds. The third kappa shape index (κ3) is 4.07. The predicted octanol–water partition coefficient (Wildman–Crippen LogP) is 1.07. The Labute approximate surface area is 127 Å². The van der Waals surface area contributed by atoms with Crippen LogP contribution in [-0.2, 0) is 14.8 Å². The average molecular weight is 328 g/mol. The van der Waals surface area contributed by atoms with Gasteiger partial charge in [-0.2, -0.15) is 0 Å². The maximum atomic E-state index is 11.8. The number of anilines is 2. The first-order chi connectivity index (χ1) is 10.3. The average Bonchev–Trinajstić information content (AvgIpc) is 2.97. The van der Waals surface area contributed by atoms with Crippen LogP contribution in [0.5, 0.6) is 0 Å². The number of carbonyl (C=O) groups excluding carboxylic acids is 1. The predicted molar refractivity (Wildman–Crippen MR) is 77.9 cm³/mol. The van der Waals surface area contributed by atoms with E-state index in [1.54, 1.807) is 19.9 Å². The van der Waals surface area contributed by atoms with Crippen LogP contribution in [0.2, 0.25) is 0 Å². The molecule has 0 saturated heterocycles. The van der Waals surface area contributed by atoms with Gasteiger partial charge >= 0.3 is 0 Å². The highest BCUT2D eigenvalue weighted by atomic mass is 32.2. The summed E-state index contributed by atoms with van der Waals surface area (Å²) in [5.41, 5.74) is 0. The molecule has 0 atom stereocenters. The molecule has 22 heavy (non-hydrogen) atoms. The topological polar surface area (TPSA) is 119 Å². The van der Waals surface area contributed by atoms with E-state index in [-0.39, 0.29) is 30.5 Å². The largest absolute Gasteiger partial charge is 0.360 e. The Morgan fingerprint density at radius 3 is 2.36 bits per heavy atom. The minimum atomic E-state index is -3.57. The summed E-state index contributed by atoms with van der Waals surface area (Å²) in [6, 6.07) is 3.05. The number of sulfonamides is 1. The molecule has 0 aliphatic carbocycles. The van der Waals surface area contributed by atoms with E-state index < -0.39 is 10.0 Å². The molecule has 0 radical (unpaired) electrons. The van der Waals surface area contributed by atoms with Crippen LogP contribution in [0.25, 0.3) is 0 Å². The van der Waals surface area contributed by atoms with Gasteiger partial charge in [0.2, 0.25) is 15.9 Å². The molecule has 10 heteroatoms. The van der Waals surface area contributed by atoms with Crippen LogP contribution in [0, 0.1) is 13.8 Å². The van der Waals surface area contributed by atoms with Crippen molar-refractivity contribution in [3.05, 3.63) is 23.7 Å². The van der Waals surface area contributed by atoms with E-state index in [4.69, 9.17) is 9.05 Å². The summed E-state index contributed by atoms with van der Waals surface area (Å²) in [4.78, 5) is 11.8. The number of nitrogens with one attached hydrogen (secondary N) is 1. The number of aryl methyl sites for hydroxylation is 2. The van der Waals surface area contributed by atoms with Crippen LogP contribution in [-0.4, -0.2) is 37.4 Å². The van der Waals surface area contributed by atoms with Gasteiger partial charge < -0.3 is 14.4 Å². The quantitative estimate of drug-likeness (QED) is 0.842. The summed E-state index contributed by atoms with van der Waals surface area (Å²) in [5.74, 6) is 1.08. The standard InChI is InChI=1S/C12H16N4O5S/c1-8-6-10(14-20-8)13-12(17)4-5-16(22(3,18)19)11-7-9(2)21-15-11/h6-7H,4-5H2,1-3H3,(H,13,14,17). The van der Waals surface area contributed by atoms with Gasteiger partial charge in [0.25, 0.3) is 0 Å². The van der Waals surface area contributed by atoms with Crippen molar-refractivity contribution in [3.8, 4) is 0 Å². The van der Waals surface area contributed by atoms with Crippen molar-refractivity contribution in [2.24, 2.45) is 0 Å². The summed E-state index contributed by atoms with van der Waals surface area (Å²) in [5, 5.41) is 9.80. The van der Waals surface area contributed by atoms with Crippen LogP contribution < -0.4 is 9.62 Å². The molecule has 0 aliphatic rings. The minimum Gasteiger partial charge on any atom is -0.360 e. The summed E-state index contributed by atoms with van der Waals surface area (Å²) in [6.07, 6.45) is 0.973. The number of rotatable bonds is 6. The first-order valence-electron chi connectivity index (χ1n) is 6.40. The number of hydrogen-bond donors (Lipinski definition) is 1. The molecule has 2 rings (SSSR count). The van der Waals surface area contributed by atoms with E-state index in [0.29, 0.717) is 11.5 Å². The van der Waals surface area contributed by atoms with Crippen molar-refractivity contribution in [3.63, 3.8) is 0 Å². The Morgan fingerprint density at radius 1 is 1.23 bits per heavy atom. The van der Waals surface area contributed by atoms with Gasteiger partial charge in [-0.25, -0.2) is 8.42 Å². The Kier molecular flexibility index (Phi) is 4.50. The number of aromatic nitrogens is 2. The van der Waals surface area contributed by atoms with Crippen LogP contribution in [0.4, 0.5) is 11.6 Å². The lowest BCUT2D eigenvalue weighted by atomic mass is 10.3. The fourth-order valence-corrected chi connectivity index (χ4v) is 2.60. The molecule has 9 nitrogen and oxygen atoms in total. The van der Waals surface area contributed by atoms with Crippen molar-refractivity contribution in [1.82, 2.24) is 10.3 Å². The second kappa shape index (κ2) is 6.18. The van der Waals surface area contributed by atoms with Gasteiger partial charge in [0.15, 0.2) is 11.6 Å². The van der Waals surface area contributed by atoms with Gasteiger partial charge in [0, 0.05) is 25.1 Å². The van der Waals surface area contributed by atoms with Gasteiger partial charge in [0.05, 0.1) is 6.26 Å². The molecule has 2 heterocycles. The normalized spacial score (nSPS) is 11.4. The van der Waals surface area contributed by atoms with Gasteiger partial charge in [-0.1, -0.05) is 10.3 Å². The van der Waals surface area contributed by atoms with Crippen LogP contribution in [0.3, 0.4) is 0 Å². The molecule has 0 aromatic carbocycles. The summed E-state index contributed by atoms with van der Waals surface area (Å²) < 4.78 is 34.3. The zero-order valence-corrected chi connectivity index (χ0v) is 13.2. The monoisotopic (exact) mass is 328 g/mol. The highest BCUT2D eigenvalue weighted by Gasteiger charge is 2.22. The Morgan fingerprint density at radius 2 is 1.86 bits per heavy atom. The van der Waals surface area contributed by atoms with Gasteiger partial charge in [-0.15, -0.1) is 0 Å². The van der Waals surface area contributed by atoms with Crippen molar-refractivity contribution in [2.45, 2.75) is 20.3 Å². The fourth-order valence-electron chi connectivity index (χ4n) is 1.75. The molecule has 0 aliphatic heterocycles. The molecule has 120 valence electrons. The number of nitrogens with zero attached hydrogens (tertiary/aromatic N) is 3. The molecular weight excluding hydrogens is 312 g/mol. The van der Waals surface area contributed by atoms with E-state index in [1.165, 1.54) is 6.07 Å². The molecule has 0 saturated carbocycles. The van der Waals surface area contributed by atoms with E-state index >= 15 is 0 Å². The second-order valence-corrected chi connectivity index (χ2v) is 6.66. The van der Waals surface area contributed by atoms with Gasteiger partial charge in [-0.3, -0.25) is 9.10 Å². The second-order valence-electron chi connectivity index (χ2n) is 4.75. The maximum Gasteiger partial charge on any atom is 0.233 e. The third-order valence-corrected chi connectivity index (χ3v) is 3.88. The molecule has 0 fully saturated rings. The van der Waals surface area contributed by atoms with E-state index in [9.17, 15) is 13.2 Å². The minimum absolute atomic E-state index is 0.0620. The first-order valence-corrected chi connectivity index (χ1v) is 8.25. The van der Waals surface area contributed by atoms with Crippen LogP contribution in [0.15, 0.2) is 21.2 Å². The highest BCUT2D eigenvalue weighted by Crippen LogP contribution is 2.17. The molecule has 0 unspecified atom stereocenters. The van der Waals surface area contributed by atoms with Gasteiger partial charge in [0.1, 0.15) is 11.5 Å². The fraction of sp³-hybridized carbons (Fsp3) is 0.417. The summed E-state index contributed by atoms with van der Waals surface area (Å²) in [7, 11) is -3.57. The van der Waals surface area contributed by atoms with E-state index in [0.717, 1.165) is 10.6 Å². The van der Waals surface area contributed by atoms with Crippen molar-refractivity contribution >= 4 is 27.6 Å². The summed E-state index contributed by atoms with van der Waals surface area (Å²) >= 11 is 0. The van der Waals surface area contributed by atoms with Crippen LogP contribution in [0.1, 0.15) is 17.9 Å². The Balaban J connectivity index is 2.01.